The lowest BCUT2D eigenvalue weighted by Crippen LogP contribution is -2.51. The molecule has 0 saturated carbocycles. The molecule has 4 nitrogen and oxygen atoms in total. The zero-order valence-electron chi connectivity index (χ0n) is 15.8. The molecule has 3 aromatic rings. The van der Waals surface area contributed by atoms with Crippen molar-refractivity contribution in [2.45, 2.75) is 24.9 Å². The van der Waals surface area contributed by atoms with Crippen LogP contribution in [0.3, 0.4) is 0 Å². The number of nitrogens with zero attached hydrogens (tertiary/aromatic N) is 1. The minimum atomic E-state index is -1.08. The molecule has 146 valence electrons. The molecule has 1 aliphatic rings. The van der Waals surface area contributed by atoms with Crippen molar-refractivity contribution in [2.75, 3.05) is 0 Å². The molecular weight excluding hydrogens is 367 g/mol. The third-order valence-electron chi connectivity index (χ3n) is 5.17. The first-order chi connectivity index (χ1) is 14.1. The summed E-state index contributed by atoms with van der Waals surface area (Å²) < 4.78 is 13.6. The Morgan fingerprint density at radius 2 is 1.31 bits per heavy atom. The standard InChI is InChI=1S/C24H21FN2O2/c25-21-13-7-12-20(14-21)17-27-22(28)24(26-23(27)29,15-18-8-3-1-4-9-18)16-19-10-5-2-6-11-19/h1-14H,15-17H2,(H,26,29). The second-order valence-electron chi connectivity index (χ2n) is 7.36. The highest BCUT2D eigenvalue weighted by Crippen LogP contribution is 2.28. The summed E-state index contributed by atoms with van der Waals surface area (Å²) in [6.45, 7) is 0.0355. The molecule has 1 heterocycles. The van der Waals surface area contributed by atoms with Crippen LogP contribution in [-0.4, -0.2) is 22.4 Å². The Bertz CT molecular complexity index is 980. The van der Waals surface area contributed by atoms with Crippen molar-refractivity contribution in [3.05, 3.63) is 107 Å². The van der Waals surface area contributed by atoms with Crippen LogP contribution in [0.2, 0.25) is 0 Å². The van der Waals surface area contributed by atoms with Gasteiger partial charge in [-0.3, -0.25) is 9.69 Å². The number of imide groups is 1. The molecular formula is C24H21FN2O2. The van der Waals surface area contributed by atoms with E-state index in [0.29, 0.717) is 18.4 Å². The summed E-state index contributed by atoms with van der Waals surface area (Å²) in [5, 5.41) is 2.94. The van der Waals surface area contributed by atoms with Gasteiger partial charge in [-0.05, 0) is 28.8 Å². The number of carbonyl (C=O) groups is 2. The van der Waals surface area contributed by atoms with Gasteiger partial charge in [-0.25, -0.2) is 9.18 Å². The first kappa shape index (κ1) is 18.9. The first-order valence-electron chi connectivity index (χ1n) is 9.52. The molecule has 0 spiro atoms. The Labute approximate surface area is 169 Å². The van der Waals surface area contributed by atoms with Crippen molar-refractivity contribution in [2.24, 2.45) is 0 Å². The number of rotatable bonds is 6. The fourth-order valence-corrected chi connectivity index (χ4v) is 3.83. The van der Waals surface area contributed by atoms with Gasteiger partial charge in [-0.2, -0.15) is 0 Å². The van der Waals surface area contributed by atoms with E-state index < -0.39 is 17.4 Å². The second kappa shape index (κ2) is 7.87. The summed E-state index contributed by atoms with van der Waals surface area (Å²) in [4.78, 5) is 27.4. The van der Waals surface area contributed by atoms with E-state index in [1.165, 1.54) is 17.0 Å². The first-order valence-corrected chi connectivity index (χ1v) is 9.52. The second-order valence-corrected chi connectivity index (χ2v) is 7.36. The largest absolute Gasteiger partial charge is 0.325 e. The third kappa shape index (κ3) is 4.04. The Morgan fingerprint density at radius 1 is 0.759 bits per heavy atom. The Kier molecular flexibility index (Phi) is 5.12. The van der Waals surface area contributed by atoms with Crippen LogP contribution in [0.4, 0.5) is 9.18 Å². The van der Waals surface area contributed by atoms with Gasteiger partial charge in [0, 0.05) is 12.8 Å². The van der Waals surface area contributed by atoms with Crippen molar-refractivity contribution in [1.82, 2.24) is 10.2 Å². The van der Waals surface area contributed by atoms with Gasteiger partial charge >= 0.3 is 6.03 Å². The van der Waals surface area contributed by atoms with Crippen molar-refractivity contribution in [3.63, 3.8) is 0 Å². The number of hydrogen-bond acceptors (Lipinski definition) is 2. The Balaban J connectivity index is 1.66. The maximum Gasteiger partial charge on any atom is 0.325 e. The molecule has 0 bridgehead atoms. The molecule has 1 aliphatic heterocycles. The number of nitrogens with one attached hydrogen (secondary N) is 1. The number of amides is 3. The summed E-state index contributed by atoms with van der Waals surface area (Å²) >= 11 is 0. The SMILES string of the molecule is O=C1NC(Cc2ccccc2)(Cc2ccccc2)C(=O)N1Cc1cccc(F)c1. The number of halogens is 1. The average molecular weight is 388 g/mol. The van der Waals surface area contributed by atoms with Gasteiger partial charge in [0.25, 0.3) is 5.91 Å². The molecule has 29 heavy (non-hydrogen) atoms. The summed E-state index contributed by atoms with van der Waals surface area (Å²) in [6.07, 6.45) is 0.764. The van der Waals surface area contributed by atoms with E-state index in [2.05, 4.69) is 5.32 Å². The van der Waals surface area contributed by atoms with Crippen LogP contribution in [0, 0.1) is 5.82 Å². The normalized spacial score (nSPS) is 15.4. The Hall–Kier alpha value is -3.47. The number of carbonyl (C=O) groups excluding carboxylic acids is 2. The maximum atomic E-state index is 13.6. The highest BCUT2D eigenvalue weighted by atomic mass is 19.1. The fraction of sp³-hybridized carbons (Fsp3) is 0.167. The minimum Gasteiger partial charge on any atom is -0.322 e. The molecule has 5 heteroatoms. The zero-order valence-corrected chi connectivity index (χ0v) is 15.8. The van der Waals surface area contributed by atoms with Crippen molar-refractivity contribution in [1.29, 1.82) is 0 Å². The van der Waals surface area contributed by atoms with Crippen molar-refractivity contribution in [3.8, 4) is 0 Å². The molecule has 4 rings (SSSR count). The molecule has 1 saturated heterocycles. The highest BCUT2D eigenvalue weighted by molar-refractivity contribution is 6.07. The maximum absolute atomic E-state index is 13.6. The van der Waals surface area contributed by atoms with Gasteiger partial charge in [0.2, 0.25) is 0 Å². The van der Waals surface area contributed by atoms with E-state index in [9.17, 15) is 14.0 Å². The number of hydrogen-bond donors (Lipinski definition) is 1. The van der Waals surface area contributed by atoms with E-state index in [1.54, 1.807) is 12.1 Å². The van der Waals surface area contributed by atoms with Crippen LogP contribution in [0.25, 0.3) is 0 Å². The average Bonchev–Trinajstić information content (AvgIpc) is 2.93. The van der Waals surface area contributed by atoms with Crippen molar-refractivity contribution < 1.29 is 14.0 Å². The van der Waals surface area contributed by atoms with E-state index in [0.717, 1.165) is 11.1 Å². The van der Waals surface area contributed by atoms with Crippen LogP contribution < -0.4 is 5.32 Å². The summed E-state index contributed by atoms with van der Waals surface area (Å²) in [5.74, 6) is -0.686. The van der Waals surface area contributed by atoms with Gasteiger partial charge in [0.15, 0.2) is 0 Å². The van der Waals surface area contributed by atoms with Crippen LogP contribution in [-0.2, 0) is 24.2 Å². The molecule has 0 radical (unpaired) electrons. The lowest BCUT2D eigenvalue weighted by atomic mass is 9.84. The summed E-state index contributed by atoms with van der Waals surface area (Å²) in [5.41, 5.74) is 1.42. The molecule has 0 aromatic heterocycles. The van der Waals surface area contributed by atoms with Gasteiger partial charge in [-0.15, -0.1) is 0 Å². The molecule has 0 aliphatic carbocycles. The lowest BCUT2D eigenvalue weighted by molar-refractivity contribution is -0.131. The molecule has 3 aromatic carbocycles. The zero-order chi connectivity index (χ0) is 20.3. The monoisotopic (exact) mass is 388 g/mol. The third-order valence-corrected chi connectivity index (χ3v) is 5.17. The van der Waals surface area contributed by atoms with Gasteiger partial charge < -0.3 is 5.32 Å². The fourth-order valence-electron chi connectivity index (χ4n) is 3.83. The summed E-state index contributed by atoms with van der Waals surface area (Å²) in [6, 6.07) is 24.8. The van der Waals surface area contributed by atoms with Crippen molar-refractivity contribution >= 4 is 11.9 Å². The molecule has 3 amide bonds. The van der Waals surface area contributed by atoms with E-state index in [1.807, 2.05) is 60.7 Å². The van der Waals surface area contributed by atoms with Gasteiger partial charge in [0.05, 0.1) is 6.54 Å². The van der Waals surface area contributed by atoms with Gasteiger partial charge in [0.1, 0.15) is 11.4 Å². The quantitative estimate of drug-likeness (QED) is 0.647. The van der Waals surface area contributed by atoms with Crippen LogP contribution in [0.5, 0.6) is 0 Å². The van der Waals surface area contributed by atoms with Crippen LogP contribution in [0.15, 0.2) is 84.9 Å². The highest BCUT2D eigenvalue weighted by Gasteiger charge is 2.51. The van der Waals surface area contributed by atoms with E-state index in [-0.39, 0.29) is 12.5 Å². The van der Waals surface area contributed by atoms with Gasteiger partial charge in [-0.1, -0.05) is 72.8 Å². The molecule has 1 N–H and O–H groups in total. The van der Waals surface area contributed by atoms with Crippen LogP contribution in [0.1, 0.15) is 16.7 Å². The lowest BCUT2D eigenvalue weighted by Gasteiger charge is -2.27. The predicted octanol–water partition coefficient (Wildman–Crippen LogP) is 4.10. The number of benzene rings is 3. The minimum absolute atomic E-state index is 0.0355. The molecule has 0 unspecified atom stereocenters. The van der Waals surface area contributed by atoms with E-state index in [4.69, 9.17) is 0 Å². The molecule has 0 atom stereocenters. The smallest absolute Gasteiger partial charge is 0.322 e. The number of urea groups is 1. The predicted molar refractivity (Wildman–Crippen MR) is 109 cm³/mol. The summed E-state index contributed by atoms with van der Waals surface area (Å²) in [7, 11) is 0. The van der Waals surface area contributed by atoms with E-state index >= 15 is 0 Å². The van der Waals surface area contributed by atoms with Crippen LogP contribution >= 0.6 is 0 Å². The Morgan fingerprint density at radius 3 is 1.86 bits per heavy atom. The topological polar surface area (TPSA) is 49.4 Å². The molecule has 1 fully saturated rings.